The highest BCUT2D eigenvalue weighted by Gasteiger charge is 2.41. The minimum Gasteiger partial charge on any atom is -0.381 e. The fraction of sp³-hybridized carbons (Fsp3) is 0.588. The molecule has 0 aromatic heterocycles. The Morgan fingerprint density at radius 3 is 2.71 bits per heavy atom. The van der Waals surface area contributed by atoms with Gasteiger partial charge in [0.1, 0.15) is 6.17 Å². The molecule has 114 valence electrons. The predicted molar refractivity (Wildman–Crippen MR) is 81.6 cm³/mol. The Morgan fingerprint density at radius 2 is 2.10 bits per heavy atom. The van der Waals surface area contributed by atoms with Crippen LogP contribution in [0.1, 0.15) is 32.0 Å². The maximum absolute atomic E-state index is 12.7. The van der Waals surface area contributed by atoms with Gasteiger partial charge in [-0.1, -0.05) is 44.2 Å². The minimum absolute atomic E-state index is 0.00769. The SMILES string of the molecule is CC(C)C1NC(c2ccccc2)N(CC2CCOC2)C1=O. The number of carbonyl (C=O) groups is 1. The molecule has 4 nitrogen and oxygen atoms in total. The quantitative estimate of drug-likeness (QED) is 0.923. The molecule has 2 saturated heterocycles. The molecule has 21 heavy (non-hydrogen) atoms. The van der Waals surface area contributed by atoms with Gasteiger partial charge in [0.2, 0.25) is 5.91 Å². The summed E-state index contributed by atoms with van der Waals surface area (Å²) >= 11 is 0. The van der Waals surface area contributed by atoms with Crippen LogP contribution in [0, 0.1) is 11.8 Å². The van der Waals surface area contributed by atoms with E-state index < -0.39 is 0 Å². The van der Waals surface area contributed by atoms with Gasteiger partial charge in [0.05, 0.1) is 12.6 Å². The first-order chi connectivity index (χ1) is 10.2. The summed E-state index contributed by atoms with van der Waals surface area (Å²) in [5, 5.41) is 3.52. The van der Waals surface area contributed by atoms with Crippen molar-refractivity contribution >= 4 is 5.91 Å². The number of nitrogens with zero attached hydrogens (tertiary/aromatic N) is 1. The maximum atomic E-state index is 12.7. The maximum Gasteiger partial charge on any atom is 0.241 e. The second-order valence-electron chi connectivity index (χ2n) is 6.42. The van der Waals surface area contributed by atoms with Gasteiger partial charge in [0, 0.05) is 19.1 Å². The number of hydrogen-bond acceptors (Lipinski definition) is 3. The zero-order valence-corrected chi connectivity index (χ0v) is 12.8. The Labute approximate surface area is 126 Å². The van der Waals surface area contributed by atoms with Gasteiger partial charge in [-0.2, -0.15) is 0 Å². The van der Waals surface area contributed by atoms with Gasteiger partial charge in [-0.15, -0.1) is 0 Å². The molecule has 1 amide bonds. The molecule has 2 aliphatic rings. The summed E-state index contributed by atoms with van der Waals surface area (Å²) in [6.07, 6.45) is 1.05. The molecule has 1 N–H and O–H groups in total. The highest BCUT2D eigenvalue weighted by atomic mass is 16.5. The molecule has 0 radical (unpaired) electrons. The summed E-state index contributed by atoms with van der Waals surface area (Å²) in [6.45, 7) is 6.58. The molecule has 0 bridgehead atoms. The largest absolute Gasteiger partial charge is 0.381 e. The zero-order chi connectivity index (χ0) is 14.8. The van der Waals surface area contributed by atoms with E-state index in [9.17, 15) is 4.79 Å². The lowest BCUT2D eigenvalue weighted by Gasteiger charge is -2.26. The molecule has 1 aromatic rings. The average Bonchev–Trinajstić information content (AvgIpc) is 3.10. The molecule has 0 aliphatic carbocycles. The molecule has 3 unspecified atom stereocenters. The second-order valence-corrected chi connectivity index (χ2v) is 6.42. The Morgan fingerprint density at radius 1 is 1.33 bits per heavy atom. The summed E-state index contributed by atoms with van der Waals surface area (Å²) in [5.41, 5.74) is 1.16. The van der Waals surface area contributed by atoms with E-state index in [-0.39, 0.29) is 18.1 Å². The van der Waals surface area contributed by atoms with Crippen LogP contribution in [0.3, 0.4) is 0 Å². The summed E-state index contributed by atoms with van der Waals surface area (Å²) in [4.78, 5) is 14.8. The van der Waals surface area contributed by atoms with Gasteiger partial charge in [-0.3, -0.25) is 10.1 Å². The predicted octanol–water partition coefficient (Wildman–Crippen LogP) is 2.18. The van der Waals surface area contributed by atoms with Crippen molar-refractivity contribution < 1.29 is 9.53 Å². The Bertz CT molecular complexity index is 483. The van der Waals surface area contributed by atoms with Crippen molar-refractivity contribution in [3.8, 4) is 0 Å². The lowest BCUT2D eigenvalue weighted by Crippen LogP contribution is -2.36. The Hall–Kier alpha value is -1.39. The van der Waals surface area contributed by atoms with Crippen molar-refractivity contribution in [2.45, 2.75) is 32.5 Å². The number of nitrogens with one attached hydrogen (secondary N) is 1. The molecule has 2 fully saturated rings. The number of hydrogen-bond donors (Lipinski definition) is 1. The molecular weight excluding hydrogens is 264 g/mol. The van der Waals surface area contributed by atoms with Crippen LogP contribution in [0.5, 0.6) is 0 Å². The lowest BCUT2D eigenvalue weighted by atomic mass is 10.0. The van der Waals surface area contributed by atoms with Crippen LogP contribution in [-0.2, 0) is 9.53 Å². The number of benzene rings is 1. The number of ether oxygens (including phenoxy) is 1. The van der Waals surface area contributed by atoms with E-state index >= 15 is 0 Å². The van der Waals surface area contributed by atoms with Crippen molar-refractivity contribution in [1.29, 1.82) is 0 Å². The third kappa shape index (κ3) is 2.97. The van der Waals surface area contributed by atoms with Crippen molar-refractivity contribution in [3.05, 3.63) is 35.9 Å². The number of amides is 1. The van der Waals surface area contributed by atoms with Crippen LogP contribution < -0.4 is 5.32 Å². The van der Waals surface area contributed by atoms with Crippen LogP contribution in [0.4, 0.5) is 0 Å². The molecule has 1 aromatic carbocycles. The molecule has 0 saturated carbocycles. The monoisotopic (exact) mass is 288 g/mol. The first kappa shape index (κ1) is 14.5. The van der Waals surface area contributed by atoms with E-state index in [1.54, 1.807) is 0 Å². The molecule has 3 atom stereocenters. The number of carbonyl (C=O) groups excluding carboxylic acids is 1. The van der Waals surface area contributed by atoms with E-state index in [0.717, 1.165) is 31.7 Å². The summed E-state index contributed by atoms with van der Waals surface area (Å²) in [6, 6.07) is 10.2. The van der Waals surface area contributed by atoms with Crippen molar-refractivity contribution in [2.24, 2.45) is 11.8 Å². The van der Waals surface area contributed by atoms with Gasteiger partial charge < -0.3 is 9.64 Å². The van der Waals surface area contributed by atoms with E-state index in [2.05, 4.69) is 31.3 Å². The molecule has 2 heterocycles. The third-order valence-corrected chi connectivity index (χ3v) is 4.46. The fourth-order valence-electron chi connectivity index (χ4n) is 3.23. The van der Waals surface area contributed by atoms with Crippen LogP contribution >= 0.6 is 0 Å². The van der Waals surface area contributed by atoms with Gasteiger partial charge in [0.25, 0.3) is 0 Å². The van der Waals surface area contributed by atoms with E-state index in [4.69, 9.17) is 4.74 Å². The van der Waals surface area contributed by atoms with Gasteiger partial charge in [0.15, 0.2) is 0 Å². The van der Waals surface area contributed by atoms with Crippen LogP contribution in [0.15, 0.2) is 30.3 Å². The van der Waals surface area contributed by atoms with E-state index in [0.29, 0.717) is 11.8 Å². The first-order valence-electron chi connectivity index (χ1n) is 7.86. The van der Waals surface area contributed by atoms with Crippen molar-refractivity contribution in [3.63, 3.8) is 0 Å². The fourth-order valence-corrected chi connectivity index (χ4v) is 3.23. The first-order valence-corrected chi connectivity index (χ1v) is 7.86. The minimum atomic E-state index is -0.0856. The summed E-state index contributed by atoms with van der Waals surface area (Å²) in [5.74, 6) is 0.993. The Balaban J connectivity index is 1.82. The molecule has 0 spiro atoms. The highest BCUT2D eigenvalue weighted by molar-refractivity contribution is 5.84. The number of rotatable bonds is 4. The van der Waals surface area contributed by atoms with Crippen molar-refractivity contribution in [2.75, 3.05) is 19.8 Å². The van der Waals surface area contributed by atoms with Gasteiger partial charge >= 0.3 is 0 Å². The van der Waals surface area contributed by atoms with Crippen LogP contribution in [-0.4, -0.2) is 36.6 Å². The van der Waals surface area contributed by atoms with Crippen LogP contribution in [0.2, 0.25) is 0 Å². The highest BCUT2D eigenvalue weighted by Crippen LogP contribution is 2.30. The standard InChI is InChI=1S/C17H24N2O2/c1-12(2)15-17(20)19(10-13-8-9-21-11-13)16(18-15)14-6-4-3-5-7-14/h3-7,12-13,15-16,18H,8-11H2,1-2H3. The molecular formula is C17H24N2O2. The Kier molecular flexibility index (Phi) is 4.27. The van der Waals surface area contributed by atoms with Gasteiger partial charge in [-0.25, -0.2) is 0 Å². The molecule has 2 aliphatic heterocycles. The third-order valence-electron chi connectivity index (χ3n) is 4.46. The molecule has 4 heteroatoms. The summed E-state index contributed by atoms with van der Waals surface area (Å²) < 4.78 is 5.46. The smallest absolute Gasteiger partial charge is 0.241 e. The van der Waals surface area contributed by atoms with Crippen molar-refractivity contribution in [1.82, 2.24) is 10.2 Å². The molecule has 3 rings (SSSR count). The lowest BCUT2D eigenvalue weighted by molar-refractivity contribution is -0.131. The summed E-state index contributed by atoms with van der Waals surface area (Å²) in [7, 11) is 0. The second kappa shape index (κ2) is 6.16. The zero-order valence-electron chi connectivity index (χ0n) is 12.8. The van der Waals surface area contributed by atoms with Gasteiger partial charge in [-0.05, 0) is 17.9 Å². The normalized spacial score (nSPS) is 29.6. The van der Waals surface area contributed by atoms with E-state index in [1.165, 1.54) is 0 Å². The topological polar surface area (TPSA) is 41.6 Å². The average molecular weight is 288 g/mol. The van der Waals surface area contributed by atoms with E-state index in [1.807, 2.05) is 23.1 Å². The van der Waals surface area contributed by atoms with Crippen LogP contribution in [0.25, 0.3) is 0 Å².